The molecule has 2 aromatic rings. The largest absolute Gasteiger partial charge is 0.497 e. The molecule has 0 spiro atoms. The number of nitrogens with zero attached hydrogens (tertiary/aromatic N) is 1. The van der Waals surface area contributed by atoms with Gasteiger partial charge in [-0.25, -0.2) is 0 Å². The maximum absolute atomic E-state index is 12.8. The molecule has 0 saturated carbocycles. The molecule has 2 fully saturated rings. The van der Waals surface area contributed by atoms with Gasteiger partial charge in [-0.05, 0) is 61.5 Å². The van der Waals surface area contributed by atoms with Gasteiger partial charge in [-0.15, -0.1) is 0 Å². The lowest BCUT2D eigenvalue weighted by atomic mass is 10.1. The smallest absolute Gasteiger partial charge is 0.253 e. The minimum Gasteiger partial charge on any atom is -0.497 e. The summed E-state index contributed by atoms with van der Waals surface area (Å²) in [4.78, 5) is 17.8. The van der Waals surface area contributed by atoms with Gasteiger partial charge in [-0.3, -0.25) is 4.79 Å². The summed E-state index contributed by atoms with van der Waals surface area (Å²) in [6, 6.07) is 7.60. The summed E-state index contributed by atoms with van der Waals surface area (Å²) in [6.45, 7) is 3.38. The van der Waals surface area contributed by atoms with E-state index in [0.29, 0.717) is 36.1 Å². The molecule has 1 aromatic heterocycles. The van der Waals surface area contributed by atoms with E-state index in [4.69, 9.17) is 26.4 Å². The molecule has 0 unspecified atom stereocenters. The van der Waals surface area contributed by atoms with Crippen LogP contribution in [0.15, 0.2) is 29.1 Å². The molecule has 0 radical (unpaired) electrons. The predicted octanol–water partition coefficient (Wildman–Crippen LogP) is 2.57. The molecular weight excluding hydrogens is 402 g/mol. The first-order valence-electron chi connectivity index (χ1n) is 10.6. The third kappa shape index (κ3) is 5.11. The molecule has 2 aliphatic heterocycles. The standard InChI is InChI=1S/C22H29N3O4S/c1-27-17-7-6-15-10-16(21(26)24-20(15)11-17)13-25(14-19-5-3-9-29-19)22(30)23-12-18-4-2-8-28-18/h6-7,10-11,18-19H,2-5,8-9,12-14H2,1H3,(H,23,30)(H,24,26)/t18-,19-/m0/s1. The number of aromatic nitrogens is 1. The molecule has 0 aliphatic carbocycles. The molecule has 2 aliphatic rings. The molecule has 3 heterocycles. The maximum Gasteiger partial charge on any atom is 0.253 e. The first-order valence-corrected chi connectivity index (χ1v) is 11.0. The van der Waals surface area contributed by atoms with Crippen molar-refractivity contribution in [1.82, 2.24) is 15.2 Å². The Kier molecular flexibility index (Phi) is 6.86. The number of hydrogen-bond donors (Lipinski definition) is 2. The molecule has 0 bridgehead atoms. The Morgan fingerprint density at radius 2 is 2.00 bits per heavy atom. The van der Waals surface area contributed by atoms with Crippen LogP contribution in [0.2, 0.25) is 0 Å². The molecule has 8 heteroatoms. The van der Waals surface area contributed by atoms with Crippen LogP contribution in [0.3, 0.4) is 0 Å². The number of rotatable bonds is 7. The fourth-order valence-electron chi connectivity index (χ4n) is 4.05. The molecule has 162 valence electrons. The van der Waals surface area contributed by atoms with E-state index >= 15 is 0 Å². The molecule has 7 nitrogen and oxygen atoms in total. The number of thiocarbonyl (C=S) groups is 1. The fraction of sp³-hybridized carbons (Fsp3) is 0.545. The Balaban J connectivity index is 1.51. The second-order valence-electron chi connectivity index (χ2n) is 7.91. The van der Waals surface area contributed by atoms with Gasteiger partial charge in [0.2, 0.25) is 0 Å². The van der Waals surface area contributed by atoms with Crippen molar-refractivity contribution in [3.8, 4) is 5.75 Å². The summed E-state index contributed by atoms with van der Waals surface area (Å²) in [5, 5.41) is 4.93. The second-order valence-corrected chi connectivity index (χ2v) is 8.30. The van der Waals surface area contributed by atoms with Gasteiger partial charge in [0.15, 0.2) is 5.11 Å². The minimum absolute atomic E-state index is 0.116. The Bertz CT molecular complexity index is 936. The van der Waals surface area contributed by atoms with Crippen LogP contribution in [0.5, 0.6) is 5.75 Å². The zero-order valence-electron chi connectivity index (χ0n) is 17.3. The number of H-pyrrole nitrogens is 1. The quantitative estimate of drug-likeness (QED) is 0.653. The van der Waals surface area contributed by atoms with Gasteiger partial charge in [0.25, 0.3) is 5.56 Å². The van der Waals surface area contributed by atoms with Crippen molar-refractivity contribution < 1.29 is 14.2 Å². The maximum atomic E-state index is 12.8. The SMILES string of the molecule is COc1ccc2cc(CN(C[C@@H]3CCCO3)C(=S)NC[C@@H]3CCCO3)c(=O)[nH]c2c1. The second kappa shape index (κ2) is 9.76. The Hall–Kier alpha value is -2.16. The number of pyridine rings is 1. The Labute approximate surface area is 181 Å². The number of benzene rings is 1. The molecule has 2 saturated heterocycles. The van der Waals surface area contributed by atoms with Crippen LogP contribution in [0.1, 0.15) is 31.2 Å². The van der Waals surface area contributed by atoms with E-state index in [-0.39, 0.29) is 17.8 Å². The van der Waals surface area contributed by atoms with E-state index in [1.54, 1.807) is 7.11 Å². The monoisotopic (exact) mass is 431 g/mol. The van der Waals surface area contributed by atoms with Crippen molar-refractivity contribution in [2.75, 3.05) is 33.4 Å². The van der Waals surface area contributed by atoms with Gasteiger partial charge in [-0.2, -0.15) is 0 Å². The van der Waals surface area contributed by atoms with Crippen LogP contribution in [-0.4, -0.2) is 60.6 Å². The van der Waals surface area contributed by atoms with Crippen molar-refractivity contribution in [3.05, 3.63) is 40.2 Å². The molecule has 2 N–H and O–H groups in total. The van der Waals surface area contributed by atoms with E-state index in [2.05, 4.69) is 10.3 Å². The lowest BCUT2D eigenvalue weighted by molar-refractivity contribution is 0.0885. The minimum atomic E-state index is -0.116. The summed E-state index contributed by atoms with van der Waals surface area (Å²) in [5.41, 5.74) is 1.31. The van der Waals surface area contributed by atoms with E-state index in [9.17, 15) is 4.79 Å². The summed E-state index contributed by atoms with van der Waals surface area (Å²) >= 11 is 5.69. The number of methoxy groups -OCH3 is 1. The van der Waals surface area contributed by atoms with Crippen LogP contribution in [-0.2, 0) is 16.0 Å². The summed E-state index contributed by atoms with van der Waals surface area (Å²) in [5.74, 6) is 0.713. The van der Waals surface area contributed by atoms with Crippen LogP contribution >= 0.6 is 12.2 Å². The number of fused-ring (bicyclic) bond motifs is 1. The number of nitrogens with one attached hydrogen (secondary N) is 2. The van der Waals surface area contributed by atoms with Crippen LogP contribution in [0.4, 0.5) is 0 Å². The van der Waals surface area contributed by atoms with Gasteiger partial charge in [-0.1, -0.05) is 0 Å². The first-order chi connectivity index (χ1) is 14.6. The lowest BCUT2D eigenvalue weighted by Gasteiger charge is -2.28. The van der Waals surface area contributed by atoms with Crippen molar-refractivity contribution >= 4 is 28.2 Å². The highest BCUT2D eigenvalue weighted by atomic mass is 32.1. The summed E-state index contributed by atoms with van der Waals surface area (Å²) in [7, 11) is 1.61. The van der Waals surface area contributed by atoms with E-state index in [1.165, 1.54) is 0 Å². The van der Waals surface area contributed by atoms with Crippen LogP contribution < -0.4 is 15.6 Å². The lowest BCUT2D eigenvalue weighted by Crippen LogP contribution is -2.45. The average molecular weight is 432 g/mol. The van der Waals surface area contributed by atoms with Gasteiger partial charge in [0, 0.05) is 37.9 Å². The fourth-order valence-corrected chi connectivity index (χ4v) is 4.27. The third-order valence-corrected chi connectivity index (χ3v) is 6.13. The molecule has 2 atom stereocenters. The van der Waals surface area contributed by atoms with E-state index in [0.717, 1.165) is 49.8 Å². The van der Waals surface area contributed by atoms with E-state index < -0.39 is 0 Å². The van der Waals surface area contributed by atoms with E-state index in [1.807, 2.05) is 29.2 Å². The van der Waals surface area contributed by atoms with Crippen LogP contribution in [0, 0.1) is 0 Å². The first kappa shape index (κ1) is 21.1. The normalized spacial score (nSPS) is 21.1. The van der Waals surface area contributed by atoms with Crippen molar-refractivity contribution in [1.29, 1.82) is 0 Å². The number of ether oxygens (including phenoxy) is 3. The third-order valence-electron chi connectivity index (χ3n) is 5.73. The molecular formula is C22H29N3O4S. The van der Waals surface area contributed by atoms with Gasteiger partial charge in [0.1, 0.15) is 5.75 Å². The molecule has 1 aromatic carbocycles. The average Bonchev–Trinajstić information content (AvgIpc) is 3.45. The highest BCUT2D eigenvalue weighted by Gasteiger charge is 2.23. The van der Waals surface area contributed by atoms with Crippen molar-refractivity contribution in [2.45, 2.75) is 44.4 Å². The van der Waals surface area contributed by atoms with Gasteiger partial charge < -0.3 is 29.4 Å². The molecule has 0 amide bonds. The van der Waals surface area contributed by atoms with Crippen molar-refractivity contribution in [2.24, 2.45) is 0 Å². The van der Waals surface area contributed by atoms with Gasteiger partial charge in [0.05, 0.1) is 31.4 Å². The topological polar surface area (TPSA) is 75.8 Å². The van der Waals surface area contributed by atoms with Gasteiger partial charge >= 0.3 is 0 Å². The number of hydrogen-bond acceptors (Lipinski definition) is 5. The van der Waals surface area contributed by atoms with Crippen LogP contribution in [0.25, 0.3) is 10.9 Å². The highest BCUT2D eigenvalue weighted by Crippen LogP contribution is 2.20. The highest BCUT2D eigenvalue weighted by molar-refractivity contribution is 7.80. The van der Waals surface area contributed by atoms with Crippen molar-refractivity contribution in [3.63, 3.8) is 0 Å². The number of aromatic amines is 1. The zero-order valence-corrected chi connectivity index (χ0v) is 18.1. The molecule has 30 heavy (non-hydrogen) atoms. The Morgan fingerprint density at radius 1 is 1.23 bits per heavy atom. The summed E-state index contributed by atoms with van der Waals surface area (Å²) < 4.78 is 16.8. The summed E-state index contributed by atoms with van der Waals surface area (Å²) in [6.07, 6.45) is 4.56. The molecule has 4 rings (SSSR count). The Morgan fingerprint density at radius 3 is 2.70 bits per heavy atom. The zero-order chi connectivity index (χ0) is 20.9. The predicted molar refractivity (Wildman–Crippen MR) is 120 cm³/mol.